The Labute approximate surface area is 204 Å². The number of nitrogens with zero attached hydrogens (tertiary/aromatic N) is 2. The van der Waals surface area contributed by atoms with E-state index in [1.807, 2.05) is 11.0 Å². The number of hydrogen-bond donors (Lipinski definition) is 0. The van der Waals surface area contributed by atoms with E-state index in [0.29, 0.717) is 5.92 Å². The first-order chi connectivity index (χ1) is 16.6. The van der Waals surface area contributed by atoms with Crippen LogP contribution in [0, 0.1) is 0 Å². The molecule has 0 aromatic heterocycles. The summed E-state index contributed by atoms with van der Waals surface area (Å²) in [5.41, 5.74) is 4.26. The average molecular weight is 453 g/mol. The summed E-state index contributed by atoms with van der Waals surface area (Å²) in [6.45, 7) is 7.56. The fourth-order valence-electron chi connectivity index (χ4n) is 6.16. The van der Waals surface area contributed by atoms with E-state index in [1.54, 1.807) is 0 Å². The molecule has 1 unspecified atom stereocenters. The van der Waals surface area contributed by atoms with Crippen molar-refractivity contribution in [3.63, 3.8) is 0 Å². The summed E-state index contributed by atoms with van der Waals surface area (Å²) in [4.78, 5) is 18.7. The van der Waals surface area contributed by atoms with Gasteiger partial charge in [-0.15, -0.1) is 0 Å². The van der Waals surface area contributed by atoms with E-state index in [9.17, 15) is 4.79 Å². The van der Waals surface area contributed by atoms with Gasteiger partial charge in [0.05, 0.1) is 0 Å². The second kappa shape index (κ2) is 9.76. The minimum absolute atomic E-state index is 0.135. The standard InChI is InChI=1S/C31H36N2O/c1-24(2)33-29-17-10-9-16-28(29)31(30(33)34,27-14-7-4-8-15-27)20-11-21-32-22-18-26(19-23-32)25-12-5-3-6-13-25/h3-10,12-17,24,26H,11,18-23H2,1-2H3. The largest absolute Gasteiger partial charge is 0.309 e. The zero-order valence-corrected chi connectivity index (χ0v) is 20.5. The van der Waals surface area contributed by atoms with Crippen molar-refractivity contribution >= 4 is 11.6 Å². The van der Waals surface area contributed by atoms with Crippen molar-refractivity contribution in [2.24, 2.45) is 0 Å². The van der Waals surface area contributed by atoms with E-state index >= 15 is 0 Å². The monoisotopic (exact) mass is 452 g/mol. The molecule has 0 spiro atoms. The predicted octanol–water partition coefficient (Wildman–Crippen LogP) is 6.39. The van der Waals surface area contributed by atoms with Crippen LogP contribution in [0.25, 0.3) is 0 Å². The molecule has 3 nitrogen and oxygen atoms in total. The number of hydrogen-bond acceptors (Lipinski definition) is 2. The molecule has 2 heterocycles. The summed E-state index contributed by atoms with van der Waals surface area (Å²) in [6.07, 6.45) is 4.29. The van der Waals surface area contributed by atoms with Crippen molar-refractivity contribution in [3.8, 4) is 0 Å². The Kier molecular flexibility index (Phi) is 6.56. The number of piperidine rings is 1. The summed E-state index contributed by atoms with van der Waals surface area (Å²) >= 11 is 0. The topological polar surface area (TPSA) is 23.6 Å². The molecular formula is C31H36N2O. The Morgan fingerprint density at radius 3 is 2.15 bits per heavy atom. The normalized spacial score (nSPS) is 21.3. The molecule has 0 aliphatic carbocycles. The minimum atomic E-state index is -0.593. The number of para-hydroxylation sites is 1. The molecule has 2 aliphatic heterocycles. The highest BCUT2D eigenvalue weighted by atomic mass is 16.2. The van der Waals surface area contributed by atoms with Crippen LogP contribution in [0.2, 0.25) is 0 Å². The molecule has 34 heavy (non-hydrogen) atoms. The number of anilines is 1. The Hall–Kier alpha value is -2.91. The molecule has 0 radical (unpaired) electrons. The van der Waals surface area contributed by atoms with Crippen molar-refractivity contribution in [2.75, 3.05) is 24.5 Å². The molecular weight excluding hydrogens is 416 g/mol. The molecule has 3 heteroatoms. The van der Waals surface area contributed by atoms with Crippen LogP contribution in [0.5, 0.6) is 0 Å². The average Bonchev–Trinajstić information content (AvgIpc) is 3.14. The summed E-state index contributed by atoms with van der Waals surface area (Å²) in [6, 6.07) is 30.0. The van der Waals surface area contributed by atoms with Crippen LogP contribution in [-0.2, 0) is 10.2 Å². The molecule has 176 valence electrons. The maximum atomic E-state index is 14.1. The lowest BCUT2D eigenvalue weighted by Gasteiger charge is -2.34. The third-order valence-electron chi connectivity index (χ3n) is 7.87. The maximum absolute atomic E-state index is 14.1. The summed E-state index contributed by atoms with van der Waals surface area (Å²) < 4.78 is 0. The van der Waals surface area contributed by atoms with Gasteiger partial charge in [-0.3, -0.25) is 4.79 Å². The highest BCUT2D eigenvalue weighted by Crippen LogP contribution is 2.49. The van der Waals surface area contributed by atoms with Gasteiger partial charge in [0.25, 0.3) is 0 Å². The maximum Gasteiger partial charge on any atom is 0.242 e. The highest BCUT2D eigenvalue weighted by Gasteiger charge is 2.52. The van der Waals surface area contributed by atoms with E-state index < -0.39 is 5.41 Å². The second-order valence-corrected chi connectivity index (χ2v) is 10.2. The number of rotatable bonds is 7. The van der Waals surface area contributed by atoms with E-state index in [2.05, 4.69) is 97.6 Å². The van der Waals surface area contributed by atoms with Gasteiger partial charge in [0.1, 0.15) is 5.41 Å². The van der Waals surface area contributed by atoms with Gasteiger partial charge >= 0.3 is 0 Å². The van der Waals surface area contributed by atoms with Crippen LogP contribution in [0.4, 0.5) is 5.69 Å². The van der Waals surface area contributed by atoms with E-state index in [-0.39, 0.29) is 11.9 Å². The van der Waals surface area contributed by atoms with Crippen molar-refractivity contribution in [2.45, 2.75) is 56.9 Å². The fraction of sp³-hybridized carbons (Fsp3) is 0.387. The molecule has 0 N–H and O–H groups in total. The minimum Gasteiger partial charge on any atom is -0.309 e. The number of amides is 1. The van der Waals surface area contributed by atoms with Crippen molar-refractivity contribution in [3.05, 3.63) is 102 Å². The Balaban J connectivity index is 1.34. The third-order valence-corrected chi connectivity index (χ3v) is 7.87. The van der Waals surface area contributed by atoms with Gasteiger partial charge in [-0.1, -0.05) is 78.9 Å². The van der Waals surface area contributed by atoms with Gasteiger partial charge in [-0.25, -0.2) is 0 Å². The van der Waals surface area contributed by atoms with Crippen LogP contribution in [0.3, 0.4) is 0 Å². The lowest BCUT2D eigenvalue weighted by molar-refractivity contribution is -0.122. The molecule has 1 saturated heterocycles. The molecule has 2 aliphatic rings. The Morgan fingerprint density at radius 2 is 1.47 bits per heavy atom. The van der Waals surface area contributed by atoms with Gasteiger partial charge in [0.15, 0.2) is 0 Å². The van der Waals surface area contributed by atoms with Crippen LogP contribution in [-0.4, -0.2) is 36.5 Å². The first-order valence-corrected chi connectivity index (χ1v) is 12.9. The Bertz CT molecular complexity index is 1100. The molecule has 1 amide bonds. The highest BCUT2D eigenvalue weighted by molar-refractivity contribution is 6.10. The molecule has 0 saturated carbocycles. The third kappa shape index (κ3) is 4.07. The predicted molar refractivity (Wildman–Crippen MR) is 140 cm³/mol. The van der Waals surface area contributed by atoms with Crippen molar-refractivity contribution in [1.82, 2.24) is 4.90 Å². The van der Waals surface area contributed by atoms with Gasteiger partial charge in [-0.2, -0.15) is 0 Å². The molecule has 3 aromatic rings. The molecule has 1 fully saturated rings. The van der Waals surface area contributed by atoms with E-state index in [4.69, 9.17) is 0 Å². The summed E-state index contributed by atoms with van der Waals surface area (Å²) in [7, 11) is 0. The first-order valence-electron chi connectivity index (χ1n) is 12.9. The van der Waals surface area contributed by atoms with Crippen molar-refractivity contribution in [1.29, 1.82) is 0 Å². The fourth-order valence-corrected chi connectivity index (χ4v) is 6.16. The van der Waals surface area contributed by atoms with Gasteiger partial charge < -0.3 is 9.80 Å². The number of carbonyl (C=O) groups is 1. The summed E-state index contributed by atoms with van der Waals surface area (Å²) in [5.74, 6) is 0.911. The number of carbonyl (C=O) groups excluding carboxylic acids is 1. The molecule has 5 rings (SSSR count). The second-order valence-electron chi connectivity index (χ2n) is 10.2. The van der Waals surface area contributed by atoms with Crippen LogP contribution in [0.15, 0.2) is 84.9 Å². The molecule has 1 atom stereocenters. The zero-order chi connectivity index (χ0) is 23.5. The molecule has 3 aromatic carbocycles. The number of likely N-dealkylation sites (tertiary alicyclic amines) is 1. The smallest absolute Gasteiger partial charge is 0.242 e. The van der Waals surface area contributed by atoms with Gasteiger partial charge in [-0.05, 0) is 87.8 Å². The lowest BCUT2D eigenvalue weighted by atomic mass is 9.72. The van der Waals surface area contributed by atoms with Crippen molar-refractivity contribution < 1.29 is 4.79 Å². The zero-order valence-electron chi connectivity index (χ0n) is 20.5. The van der Waals surface area contributed by atoms with Crippen LogP contribution >= 0.6 is 0 Å². The molecule has 0 bridgehead atoms. The first kappa shape index (κ1) is 22.9. The van der Waals surface area contributed by atoms with Gasteiger partial charge in [0.2, 0.25) is 5.91 Å². The Morgan fingerprint density at radius 1 is 0.853 bits per heavy atom. The van der Waals surface area contributed by atoms with Crippen LogP contribution in [0.1, 0.15) is 62.1 Å². The van der Waals surface area contributed by atoms with Crippen LogP contribution < -0.4 is 4.90 Å². The number of fused-ring (bicyclic) bond motifs is 1. The quantitative estimate of drug-likeness (QED) is 0.415. The summed E-state index contributed by atoms with van der Waals surface area (Å²) in [5, 5.41) is 0. The van der Waals surface area contributed by atoms with E-state index in [1.165, 1.54) is 24.0 Å². The van der Waals surface area contributed by atoms with E-state index in [0.717, 1.165) is 43.7 Å². The lowest BCUT2D eigenvalue weighted by Crippen LogP contribution is -2.44. The SMILES string of the molecule is CC(C)N1C(=O)C(CCCN2CCC(c3ccccc3)CC2)(c2ccccc2)c2ccccc21. The van der Waals surface area contributed by atoms with Gasteiger partial charge in [0, 0.05) is 11.7 Å². The number of benzene rings is 3.